The number of amides is 1. The molecule has 1 amide bonds. The number of benzene rings is 1. The maximum absolute atomic E-state index is 13.1. The van der Waals surface area contributed by atoms with Crippen LogP contribution in [0.5, 0.6) is 0 Å². The Labute approximate surface area is 167 Å². The van der Waals surface area contributed by atoms with Crippen molar-refractivity contribution in [2.75, 3.05) is 5.32 Å². The van der Waals surface area contributed by atoms with Crippen molar-refractivity contribution in [2.45, 2.75) is 33.7 Å². The van der Waals surface area contributed by atoms with E-state index in [0.717, 1.165) is 33.6 Å². The summed E-state index contributed by atoms with van der Waals surface area (Å²) in [6.07, 6.45) is 2.55. The highest BCUT2D eigenvalue weighted by molar-refractivity contribution is 7.15. The fourth-order valence-electron chi connectivity index (χ4n) is 3.20. The van der Waals surface area contributed by atoms with Crippen LogP contribution in [-0.2, 0) is 13.0 Å². The molecule has 28 heavy (non-hydrogen) atoms. The zero-order chi connectivity index (χ0) is 19.7. The number of carbonyl (C=O) groups is 1. The molecule has 4 aromatic rings. The molecule has 0 saturated carbocycles. The van der Waals surface area contributed by atoms with Gasteiger partial charge in [-0.1, -0.05) is 37.3 Å². The predicted molar refractivity (Wildman–Crippen MR) is 113 cm³/mol. The second kappa shape index (κ2) is 7.52. The molecular formula is C21H21N5OS. The third kappa shape index (κ3) is 3.29. The number of anilines is 1. The molecule has 1 N–H and O–H groups in total. The van der Waals surface area contributed by atoms with E-state index in [2.05, 4.69) is 22.3 Å². The number of thiazole rings is 1. The van der Waals surface area contributed by atoms with Gasteiger partial charge in [0.05, 0.1) is 28.5 Å². The Hall–Kier alpha value is -3.06. The lowest BCUT2D eigenvalue weighted by Gasteiger charge is -2.08. The first kappa shape index (κ1) is 18.3. The molecule has 0 saturated heterocycles. The third-order valence-corrected chi connectivity index (χ3v) is 5.60. The number of aryl methyl sites for hydroxylation is 3. The summed E-state index contributed by atoms with van der Waals surface area (Å²) < 4.78 is 1.81. The van der Waals surface area contributed by atoms with Crippen molar-refractivity contribution in [3.05, 3.63) is 58.7 Å². The number of carbonyl (C=O) groups excluding carboxylic acids is 1. The first-order chi connectivity index (χ1) is 13.6. The van der Waals surface area contributed by atoms with Gasteiger partial charge in [-0.3, -0.25) is 10.1 Å². The molecule has 1 aromatic carbocycles. The highest BCUT2D eigenvalue weighted by Gasteiger charge is 2.18. The second-order valence-corrected chi connectivity index (χ2v) is 7.65. The van der Waals surface area contributed by atoms with E-state index in [1.165, 1.54) is 11.3 Å². The molecule has 0 aliphatic rings. The van der Waals surface area contributed by atoms with E-state index in [0.29, 0.717) is 22.9 Å². The maximum atomic E-state index is 13.1. The molecule has 0 radical (unpaired) electrons. The summed E-state index contributed by atoms with van der Waals surface area (Å²) in [5.41, 5.74) is 3.98. The highest BCUT2D eigenvalue weighted by atomic mass is 32.1. The minimum absolute atomic E-state index is 0.198. The van der Waals surface area contributed by atoms with E-state index >= 15 is 0 Å². The molecule has 0 spiro atoms. The van der Waals surface area contributed by atoms with Gasteiger partial charge in [-0.2, -0.15) is 5.10 Å². The lowest BCUT2D eigenvalue weighted by Crippen LogP contribution is -2.13. The SMILES string of the molecule is CCc1nc(NC(=O)c2cc(-c3ccccc3)nc3c2cnn3CC)sc1C. The van der Waals surface area contributed by atoms with E-state index in [9.17, 15) is 4.79 Å². The molecule has 0 aliphatic heterocycles. The second-order valence-electron chi connectivity index (χ2n) is 6.45. The summed E-state index contributed by atoms with van der Waals surface area (Å²) >= 11 is 1.50. The van der Waals surface area contributed by atoms with Crippen LogP contribution in [0, 0.1) is 6.92 Å². The van der Waals surface area contributed by atoms with Crippen LogP contribution in [0.2, 0.25) is 0 Å². The highest BCUT2D eigenvalue weighted by Crippen LogP contribution is 2.27. The molecule has 0 aliphatic carbocycles. The van der Waals surface area contributed by atoms with Crippen molar-refractivity contribution in [3.8, 4) is 11.3 Å². The fraction of sp³-hybridized carbons (Fsp3) is 0.238. The molecule has 0 unspecified atom stereocenters. The van der Waals surface area contributed by atoms with Gasteiger partial charge in [-0.15, -0.1) is 11.3 Å². The Morgan fingerprint density at radius 2 is 1.96 bits per heavy atom. The van der Waals surface area contributed by atoms with Crippen LogP contribution in [0.1, 0.15) is 34.8 Å². The Morgan fingerprint density at radius 3 is 2.64 bits per heavy atom. The molecule has 142 valence electrons. The molecule has 0 atom stereocenters. The number of aromatic nitrogens is 4. The summed E-state index contributed by atoms with van der Waals surface area (Å²) in [6.45, 7) is 6.77. The van der Waals surface area contributed by atoms with Gasteiger partial charge in [0.15, 0.2) is 10.8 Å². The van der Waals surface area contributed by atoms with Gasteiger partial charge in [-0.25, -0.2) is 14.6 Å². The van der Waals surface area contributed by atoms with Crippen LogP contribution < -0.4 is 5.32 Å². The molecule has 3 aromatic heterocycles. The minimum Gasteiger partial charge on any atom is -0.298 e. The third-order valence-electron chi connectivity index (χ3n) is 4.67. The lowest BCUT2D eigenvalue weighted by atomic mass is 10.1. The lowest BCUT2D eigenvalue weighted by molar-refractivity contribution is 0.102. The summed E-state index contributed by atoms with van der Waals surface area (Å²) in [5.74, 6) is -0.198. The largest absolute Gasteiger partial charge is 0.298 e. The van der Waals surface area contributed by atoms with Gasteiger partial charge in [0.25, 0.3) is 5.91 Å². The zero-order valence-corrected chi connectivity index (χ0v) is 16.9. The van der Waals surface area contributed by atoms with Crippen LogP contribution >= 0.6 is 11.3 Å². The van der Waals surface area contributed by atoms with E-state index in [4.69, 9.17) is 4.98 Å². The van der Waals surface area contributed by atoms with Crippen LogP contribution in [-0.4, -0.2) is 25.7 Å². The van der Waals surface area contributed by atoms with E-state index in [1.54, 1.807) is 10.9 Å². The molecule has 4 rings (SSSR count). The number of hydrogen-bond acceptors (Lipinski definition) is 5. The van der Waals surface area contributed by atoms with Gasteiger partial charge in [0, 0.05) is 17.0 Å². The number of nitrogens with zero attached hydrogens (tertiary/aromatic N) is 4. The Balaban J connectivity index is 1.80. The monoisotopic (exact) mass is 391 g/mol. The van der Waals surface area contributed by atoms with Gasteiger partial charge in [0.1, 0.15) is 0 Å². The average Bonchev–Trinajstić information content (AvgIpc) is 3.30. The zero-order valence-electron chi connectivity index (χ0n) is 16.1. The predicted octanol–water partition coefficient (Wildman–Crippen LogP) is 4.70. The Kier molecular flexibility index (Phi) is 4.92. The summed E-state index contributed by atoms with van der Waals surface area (Å²) in [7, 11) is 0. The van der Waals surface area contributed by atoms with Crippen molar-refractivity contribution >= 4 is 33.4 Å². The van der Waals surface area contributed by atoms with Crippen LogP contribution in [0.3, 0.4) is 0 Å². The topological polar surface area (TPSA) is 72.7 Å². The van der Waals surface area contributed by atoms with E-state index in [1.807, 2.05) is 50.2 Å². The van der Waals surface area contributed by atoms with Crippen molar-refractivity contribution < 1.29 is 4.79 Å². The molecular weight excluding hydrogens is 370 g/mol. The minimum atomic E-state index is -0.198. The van der Waals surface area contributed by atoms with E-state index in [-0.39, 0.29) is 5.91 Å². The Morgan fingerprint density at radius 1 is 1.18 bits per heavy atom. The molecule has 7 heteroatoms. The first-order valence-corrected chi connectivity index (χ1v) is 10.1. The number of fused-ring (bicyclic) bond motifs is 1. The first-order valence-electron chi connectivity index (χ1n) is 9.30. The van der Waals surface area contributed by atoms with Crippen LogP contribution in [0.25, 0.3) is 22.3 Å². The smallest absolute Gasteiger partial charge is 0.258 e. The molecule has 6 nitrogen and oxygen atoms in total. The van der Waals surface area contributed by atoms with Gasteiger partial charge < -0.3 is 0 Å². The summed E-state index contributed by atoms with van der Waals surface area (Å²) in [4.78, 5) is 23.5. The quantitative estimate of drug-likeness (QED) is 0.535. The van der Waals surface area contributed by atoms with E-state index < -0.39 is 0 Å². The summed E-state index contributed by atoms with van der Waals surface area (Å²) in [5, 5.41) is 8.70. The number of nitrogens with one attached hydrogen (secondary N) is 1. The Bertz CT molecular complexity index is 1150. The van der Waals surface area contributed by atoms with Gasteiger partial charge in [0.2, 0.25) is 0 Å². The standard InChI is InChI=1S/C21H21N5OS/c1-4-17-13(3)28-21(24-17)25-20(27)15-11-18(14-9-7-6-8-10-14)23-19-16(15)12-22-26(19)5-2/h6-12H,4-5H2,1-3H3,(H,24,25,27). The molecule has 0 bridgehead atoms. The van der Waals surface area contributed by atoms with Gasteiger partial charge >= 0.3 is 0 Å². The fourth-order valence-corrected chi connectivity index (χ4v) is 4.10. The number of pyridine rings is 1. The number of hydrogen-bond donors (Lipinski definition) is 1. The van der Waals surface area contributed by atoms with Crippen molar-refractivity contribution in [3.63, 3.8) is 0 Å². The summed E-state index contributed by atoms with van der Waals surface area (Å²) in [6, 6.07) is 11.7. The van der Waals surface area contributed by atoms with Crippen molar-refractivity contribution in [2.24, 2.45) is 0 Å². The van der Waals surface area contributed by atoms with Crippen LogP contribution in [0.4, 0.5) is 5.13 Å². The average molecular weight is 392 g/mol. The molecule has 0 fully saturated rings. The van der Waals surface area contributed by atoms with Crippen molar-refractivity contribution in [1.29, 1.82) is 0 Å². The maximum Gasteiger partial charge on any atom is 0.258 e. The number of rotatable bonds is 5. The van der Waals surface area contributed by atoms with Gasteiger partial charge in [-0.05, 0) is 26.3 Å². The van der Waals surface area contributed by atoms with Crippen molar-refractivity contribution in [1.82, 2.24) is 19.7 Å². The normalized spacial score (nSPS) is 11.1. The molecule has 3 heterocycles. The van der Waals surface area contributed by atoms with Crippen LogP contribution in [0.15, 0.2) is 42.6 Å².